The van der Waals surface area contributed by atoms with Crippen molar-refractivity contribution in [3.8, 4) is 0 Å². The van der Waals surface area contributed by atoms with Crippen LogP contribution in [0.4, 0.5) is 0 Å². The minimum Gasteiger partial charge on any atom is -0.381 e. The first kappa shape index (κ1) is 9.39. The molecule has 0 spiro atoms. The van der Waals surface area contributed by atoms with Gasteiger partial charge in [0.15, 0.2) is 5.78 Å². The predicted molar refractivity (Wildman–Crippen MR) is 43.7 cm³/mol. The lowest BCUT2D eigenvalue weighted by atomic mass is 9.85. The van der Waals surface area contributed by atoms with Gasteiger partial charge in [0.1, 0.15) is 11.4 Å². The van der Waals surface area contributed by atoms with Crippen LogP contribution in [0.15, 0.2) is 0 Å². The SMILES string of the molecule is CC(=O)C1CCCC1(O)C(C)=O. The zero-order chi connectivity index (χ0) is 9.35. The maximum Gasteiger partial charge on any atom is 0.162 e. The normalized spacial score (nSPS) is 35.1. The average Bonchev–Trinajstić information content (AvgIpc) is 2.32. The maximum atomic E-state index is 11.1. The molecule has 1 aliphatic rings. The molecule has 0 heterocycles. The number of Topliss-reactive ketones (excluding diaryl/α,β-unsaturated/α-hetero) is 2. The van der Waals surface area contributed by atoms with E-state index in [4.69, 9.17) is 0 Å². The molecule has 0 aliphatic heterocycles. The maximum absolute atomic E-state index is 11.1. The predicted octanol–water partition coefficient (Wildman–Crippen LogP) is 0.696. The first-order valence-electron chi connectivity index (χ1n) is 4.22. The first-order valence-corrected chi connectivity index (χ1v) is 4.22. The molecule has 1 aliphatic carbocycles. The Morgan fingerprint density at radius 1 is 1.42 bits per heavy atom. The average molecular weight is 170 g/mol. The number of carbonyl (C=O) groups is 2. The molecule has 0 bridgehead atoms. The molecule has 3 heteroatoms. The summed E-state index contributed by atoms with van der Waals surface area (Å²) in [7, 11) is 0. The second kappa shape index (κ2) is 2.98. The van der Waals surface area contributed by atoms with Crippen LogP contribution >= 0.6 is 0 Å². The second-order valence-electron chi connectivity index (χ2n) is 3.54. The lowest BCUT2D eigenvalue weighted by Gasteiger charge is -2.24. The molecule has 12 heavy (non-hydrogen) atoms. The number of carbonyl (C=O) groups excluding carboxylic acids is 2. The number of ketones is 2. The summed E-state index contributed by atoms with van der Waals surface area (Å²) in [5.74, 6) is -0.819. The van der Waals surface area contributed by atoms with E-state index in [0.29, 0.717) is 12.8 Å². The molecule has 0 radical (unpaired) electrons. The Morgan fingerprint density at radius 3 is 2.33 bits per heavy atom. The smallest absolute Gasteiger partial charge is 0.162 e. The molecule has 2 unspecified atom stereocenters. The summed E-state index contributed by atoms with van der Waals surface area (Å²) in [4.78, 5) is 22.1. The van der Waals surface area contributed by atoms with Crippen molar-refractivity contribution in [3.05, 3.63) is 0 Å². The van der Waals surface area contributed by atoms with Gasteiger partial charge in [0.05, 0.1) is 5.92 Å². The van der Waals surface area contributed by atoms with E-state index in [1.165, 1.54) is 13.8 Å². The van der Waals surface area contributed by atoms with E-state index in [-0.39, 0.29) is 11.6 Å². The Balaban J connectivity index is 2.89. The molecule has 1 saturated carbocycles. The van der Waals surface area contributed by atoms with E-state index in [0.717, 1.165) is 6.42 Å². The van der Waals surface area contributed by atoms with E-state index >= 15 is 0 Å². The fraction of sp³-hybridized carbons (Fsp3) is 0.778. The zero-order valence-electron chi connectivity index (χ0n) is 7.46. The van der Waals surface area contributed by atoms with Gasteiger partial charge in [-0.2, -0.15) is 0 Å². The Labute approximate surface area is 71.8 Å². The van der Waals surface area contributed by atoms with Gasteiger partial charge in [0, 0.05) is 0 Å². The summed E-state index contributed by atoms with van der Waals surface area (Å²) >= 11 is 0. The molecule has 1 fully saturated rings. The molecule has 68 valence electrons. The van der Waals surface area contributed by atoms with Crippen LogP contribution in [0.25, 0.3) is 0 Å². The van der Waals surface area contributed by atoms with Crippen molar-refractivity contribution < 1.29 is 14.7 Å². The minimum absolute atomic E-state index is 0.0785. The van der Waals surface area contributed by atoms with Crippen LogP contribution in [-0.2, 0) is 9.59 Å². The van der Waals surface area contributed by atoms with Gasteiger partial charge < -0.3 is 5.11 Å². The van der Waals surface area contributed by atoms with E-state index in [9.17, 15) is 14.7 Å². The van der Waals surface area contributed by atoms with Gasteiger partial charge >= 0.3 is 0 Å². The van der Waals surface area contributed by atoms with Crippen LogP contribution in [0.5, 0.6) is 0 Å². The third kappa shape index (κ3) is 1.29. The van der Waals surface area contributed by atoms with Crippen molar-refractivity contribution >= 4 is 11.6 Å². The highest BCUT2D eigenvalue weighted by molar-refractivity contribution is 5.93. The van der Waals surface area contributed by atoms with Gasteiger partial charge in [-0.15, -0.1) is 0 Å². The Bertz CT molecular complexity index is 222. The third-order valence-electron chi connectivity index (χ3n) is 2.73. The summed E-state index contributed by atoms with van der Waals surface area (Å²) in [6.07, 6.45) is 1.85. The van der Waals surface area contributed by atoms with Gasteiger partial charge in [-0.1, -0.05) is 0 Å². The Hall–Kier alpha value is -0.700. The third-order valence-corrected chi connectivity index (χ3v) is 2.73. The van der Waals surface area contributed by atoms with Crippen molar-refractivity contribution in [2.24, 2.45) is 5.92 Å². The van der Waals surface area contributed by atoms with Gasteiger partial charge in [0.25, 0.3) is 0 Å². The van der Waals surface area contributed by atoms with Crippen LogP contribution < -0.4 is 0 Å². The van der Waals surface area contributed by atoms with E-state index in [2.05, 4.69) is 0 Å². The number of hydrogen-bond donors (Lipinski definition) is 1. The summed E-state index contributed by atoms with van der Waals surface area (Å²) < 4.78 is 0. The number of rotatable bonds is 2. The standard InChI is InChI=1S/C9H14O3/c1-6(10)8-4-3-5-9(8,12)7(2)11/h8,12H,3-5H2,1-2H3. The fourth-order valence-electron chi connectivity index (χ4n) is 1.95. The largest absolute Gasteiger partial charge is 0.381 e. The van der Waals surface area contributed by atoms with Crippen LogP contribution in [0, 0.1) is 5.92 Å². The minimum atomic E-state index is -1.36. The molecule has 0 saturated heterocycles. The monoisotopic (exact) mass is 170 g/mol. The topological polar surface area (TPSA) is 54.4 Å². The molecule has 0 aromatic rings. The van der Waals surface area contributed by atoms with Crippen LogP contribution in [0.3, 0.4) is 0 Å². The highest BCUT2D eigenvalue weighted by Crippen LogP contribution is 2.36. The molecule has 0 aromatic heterocycles. The van der Waals surface area contributed by atoms with Gasteiger partial charge in [-0.3, -0.25) is 9.59 Å². The zero-order valence-corrected chi connectivity index (χ0v) is 7.46. The van der Waals surface area contributed by atoms with Gasteiger partial charge in [-0.05, 0) is 33.1 Å². The second-order valence-corrected chi connectivity index (χ2v) is 3.54. The lowest BCUT2D eigenvalue weighted by molar-refractivity contribution is -0.145. The van der Waals surface area contributed by atoms with Gasteiger partial charge in [0.2, 0.25) is 0 Å². The summed E-state index contributed by atoms with van der Waals surface area (Å²) in [5, 5.41) is 9.83. The van der Waals surface area contributed by atoms with E-state index in [1.807, 2.05) is 0 Å². The summed E-state index contributed by atoms with van der Waals surface area (Å²) in [5.41, 5.74) is -1.36. The lowest BCUT2D eigenvalue weighted by Crippen LogP contribution is -2.43. The summed E-state index contributed by atoms with van der Waals surface area (Å²) in [6.45, 7) is 2.78. The number of aliphatic hydroxyl groups is 1. The van der Waals surface area contributed by atoms with Crippen molar-refractivity contribution in [1.82, 2.24) is 0 Å². The fourth-order valence-corrected chi connectivity index (χ4v) is 1.95. The first-order chi connectivity index (χ1) is 5.48. The molecule has 0 aromatic carbocycles. The molecular formula is C9H14O3. The Kier molecular flexibility index (Phi) is 2.33. The van der Waals surface area contributed by atoms with Crippen LogP contribution in [-0.4, -0.2) is 22.3 Å². The molecule has 3 nitrogen and oxygen atoms in total. The Morgan fingerprint density at radius 2 is 2.00 bits per heavy atom. The molecule has 2 atom stereocenters. The molecule has 0 amide bonds. The highest BCUT2D eigenvalue weighted by Gasteiger charge is 2.47. The van der Waals surface area contributed by atoms with Crippen molar-refractivity contribution in [1.29, 1.82) is 0 Å². The van der Waals surface area contributed by atoms with Crippen LogP contribution in [0.1, 0.15) is 33.1 Å². The highest BCUT2D eigenvalue weighted by atomic mass is 16.3. The summed E-state index contributed by atoms with van der Waals surface area (Å²) in [6, 6.07) is 0. The van der Waals surface area contributed by atoms with Gasteiger partial charge in [-0.25, -0.2) is 0 Å². The van der Waals surface area contributed by atoms with Crippen molar-refractivity contribution in [2.45, 2.75) is 38.7 Å². The molecule has 1 N–H and O–H groups in total. The van der Waals surface area contributed by atoms with Crippen molar-refractivity contribution in [3.63, 3.8) is 0 Å². The van der Waals surface area contributed by atoms with Crippen LogP contribution in [0.2, 0.25) is 0 Å². The molecular weight excluding hydrogens is 156 g/mol. The van der Waals surface area contributed by atoms with E-state index in [1.54, 1.807) is 0 Å². The van der Waals surface area contributed by atoms with E-state index < -0.39 is 11.5 Å². The quantitative estimate of drug-likeness (QED) is 0.663. The number of hydrogen-bond acceptors (Lipinski definition) is 3. The molecule has 1 rings (SSSR count). The van der Waals surface area contributed by atoms with Crippen molar-refractivity contribution in [2.75, 3.05) is 0 Å².